The summed E-state index contributed by atoms with van der Waals surface area (Å²) in [7, 11) is 0. The van der Waals surface area contributed by atoms with Crippen LogP contribution in [0.1, 0.15) is 204 Å². The maximum absolute atomic E-state index is 3.67. The van der Waals surface area contributed by atoms with Gasteiger partial charge in [0.25, 0.3) is 0 Å². The topological polar surface area (TPSA) is 6.48 Å². The highest BCUT2D eigenvalue weighted by Gasteiger charge is 2.13. The van der Waals surface area contributed by atoms with Gasteiger partial charge in [0.2, 0.25) is 0 Å². The first-order chi connectivity index (χ1) is 31.7. The van der Waals surface area contributed by atoms with Crippen molar-refractivity contribution in [2.45, 2.75) is 182 Å². The van der Waals surface area contributed by atoms with E-state index in [1.807, 2.05) is 0 Å². The zero-order valence-corrected chi connectivity index (χ0v) is 40.9. The van der Waals surface area contributed by atoms with Crippen LogP contribution in [0.2, 0.25) is 0 Å². The van der Waals surface area contributed by atoms with Gasteiger partial charge in [0.15, 0.2) is 0 Å². The number of hydrogen-bond donors (Lipinski definition) is 0. The third-order valence-corrected chi connectivity index (χ3v) is 13.2. The van der Waals surface area contributed by atoms with Crippen molar-refractivity contribution in [3.8, 4) is 23.7 Å². The van der Waals surface area contributed by atoms with Crippen LogP contribution in [0.4, 0.5) is 11.4 Å². The molecule has 0 saturated carbocycles. The Balaban J connectivity index is 1.33. The molecular weight excluding hydrogens is 773 g/mol. The third kappa shape index (κ3) is 17.0. The van der Waals surface area contributed by atoms with Crippen LogP contribution in [0.5, 0.6) is 0 Å². The zero-order chi connectivity index (χ0) is 44.9. The molecule has 0 atom stereocenters. The quantitative estimate of drug-likeness (QED) is 0.0258. The molecule has 0 aliphatic heterocycles. The fourth-order valence-corrected chi connectivity index (χ4v) is 9.25. The summed E-state index contributed by atoms with van der Waals surface area (Å²) < 4.78 is 0. The lowest BCUT2D eigenvalue weighted by molar-refractivity contribution is 0.575. The first kappa shape index (κ1) is 50.3. The van der Waals surface area contributed by atoms with Gasteiger partial charge < -0.3 is 9.80 Å². The van der Waals surface area contributed by atoms with Gasteiger partial charge in [0, 0.05) is 59.8 Å². The molecule has 0 fully saturated rings. The normalized spacial score (nSPS) is 11.1. The van der Waals surface area contributed by atoms with Gasteiger partial charge in [-0.2, -0.15) is 0 Å². The molecule has 5 aromatic rings. The molecule has 5 rings (SSSR count). The predicted molar refractivity (Wildman–Crippen MR) is 284 cm³/mol. The van der Waals surface area contributed by atoms with E-state index in [1.165, 1.54) is 165 Å². The standard InChI is InChI=1S/C62H84N2/c1-5-9-13-17-21-29-49-63(50-30-22-18-14-10-6-2)55-43-37-53(38-44-55)41-47-61-57-33-25-27-35-59(57)62(60-36-28-26-34-58(60)61)48-42-54-39-45-56(46-40-54)64(51-31-23-19-15-11-7-3)52-32-24-20-16-12-8-4/h25-28,33-40,43-46H,5-24,29-32,49-52H2,1-4H3. The Morgan fingerprint density at radius 2 is 0.531 bits per heavy atom. The average molecular weight is 857 g/mol. The van der Waals surface area contributed by atoms with Crippen molar-refractivity contribution in [2.75, 3.05) is 36.0 Å². The summed E-state index contributed by atoms with van der Waals surface area (Å²) in [6.07, 6.45) is 32.0. The van der Waals surface area contributed by atoms with E-state index in [1.54, 1.807) is 0 Å². The van der Waals surface area contributed by atoms with E-state index in [-0.39, 0.29) is 0 Å². The molecule has 0 unspecified atom stereocenters. The number of anilines is 2. The lowest BCUT2D eigenvalue weighted by atomic mass is 9.92. The lowest BCUT2D eigenvalue weighted by Gasteiger charge is -2.25. The molecule has 0 aliphatic carbocycles. The predicted octanol–water partition coefficient (Wildman–Crippen LogP) is 17.8. The van der Waals surface area contributed by atoms with E-state index in [2.05, 4.69) is 158 Å². The maximum atomic E-state index is 3.67. The Morgan fingerprint density at radius 1 is 0.281 bits per heavy atom. The van der Waals surface area contributed by atoms with Gasteiger partial charge in [0.05, 0.1) is 0 Å². The molecule has 342 valence electrons. The van der Waals surface area contributed by atoms with Gasteiger partial charge in [-0.15, -0.1) is 0 Å². The van der Waals surface area contributed by atoms with Gasteiger partial charge in [-0.05, 0) is 95.8 Å². The highest BCUT2D eigenvalue weighted by molar-refractivity contribution is 6.09. The summed E-state index contributed by atoms with van der Waals surface area (Å²) in [5.74, 6) is 14.5. The molecule has 0 radical (unpaired) electrons. The van der Waals surface area contributed by atoms with Crippen molar-refractivity contribution < 1.29 is 0 Å². The molecule has 64 heavy (non-hydrogen) atoms. The Bertz CT molecular complexity index is 1910. The minimum Gasteiger partial charge on any atom is -0.372 e. The van der Waals surface area contributed by atoms with Crippen LogP contribution in [0.3, 0.4) is 0 Å². The van der Waals surface area contributed by atoms with Crippen LogP contribution in [-0.4, -0.2) is 26.2 Å². The van der Waals surface area contributed by atoms with Crippen molar-refractivity contribution in [1.82, 2.24) is 0 Å². The van der Waals surface area contributed by atoms with Gasteiger partial charge in [-0.3, -0.25) is 0 Å². The Kier molecular flexibility index (Phi) is 24.0. The van der Waals surface area contributed by atoms with E-state index >= 15 is 0 Å². The van der Waals surface area contributed by atoms with Crippen LogP contribution in [0.25, 0.3) is 21.5 Å². The van der Waals surface area contributed by atoms with Crippen molar-refractivity contribution in [1.29, 1.82) is 0 Å². The third-order valence-electron chi connectivity index (χ3n) is 13.2. The zero-order valence-electron chi connectivity index (χ0n) is 40.9. The number of fused-ring (bicyclic) bond motifs is 2. The van der Waals surface area contributed by atoms with Gasteiger partial charge >= 0.3 is 0 Å². The largest absolute Gasteiger partial charge is 0.372 e. The molecule has 0 aliphatic rings. The molecule has 0 heterocycles. The lowest BCUT2D eigenvalue weighted by Crippen LogP contribution is -2.25. The molecule has 0 bridgehead atoms. The minimum absolute atomic E-state index is 1.06. The molecule has 5 aromatic carbocycles. The molecule has 0 N–H and O–H groups in total. The highest BCUT2D eigenvalue weighted by Crippen LogP contribution is 2.32. The fraction of sp³-hybridized carbons (Fsp3) is 0.516. The Hall–Kier alpha value is -4.66. The maximum Gasteiger partial charge on any atom is 0.0406 e. The molecule has 2 heteroatoms. The van der Waals surface area contributed by atoms with Crippen molar-refractivity contribution in [2.24, 2.45) is 0 Å². The fourth-order valence-electron chi connectivity index (χ4n) is 9.25. The second kappa shape index (κ2) is 30.5. The number of benzene rings is 5. The summed E-state index contributed by atoms with van der Waals surface area (Å²) >= 11 is 0. The van der Waals surface area contributed by atoms with Crippen LogP contribution in [-0.2, 0) is 0 Å². The smallest absolute Gasteiger partial charge is 0.0406 e. The second-order valence-electron chi connectivity index (χ2n) is 18.5. The monoisotopic (exact) mass is 857 g/mol. The van der Waals surface area contributed by atoms with Crippen molar-refractivity contribution in [3.05, 3.63) is 119 Å². The molecule has 0 amide bonds. The number of unbranched alkanes of at least 4 members (excludes halogenated alkanes) is 20. The summed E-state index contributed by atoms with van der Waals surface area (Å²) in [4.78, 5) is 5.27. The average Bonchev–Trinajstić information content (AvgIpc) is 3.33. The molecule has 0 saturated heterocycles. The minimum atomic E-state index is 1.06. The summed E-state index contributed by atoms with van der Waals surface area (Å²) in [6.45, 7) is 13.8. The first-order valence-corrected chi connectivity index (χ1v) is 26.3. The molecule has 0 spiro atoms. The van der Waals surface area contributed by atoms with Crippen LogP contribution >= 0.6 is 0 Å². The molecule has 2 nitrogen and oxygen atoms in total. The van der Waals surface area contributed by atoms with Crippen molar-refractivity contribution >= 4 is 32.9 Å². The number of rotatable bonds is 30. The van der Waals surface area contributed by atoms with E-state index in [0.29, 0.717) is 0 Å². The molecular formula is C62H84N2. The van der Waals surface area contributed by atoms with E-state index < -0.39 is 0 Å². The number of hydrogen-bond acceptors (Lipinski definition) is 2. The van der Waals surface area contributed by atoms with Gasteiger partial charge in [0.1, 0.15) is 0 Å². The highest BCUT2D eigenvalue weighted by atomic mass is 15.1. The molecule has 0 aromatic heterocycles. The Morgan fingerprint density at radius 3 is 0.797 bits per heavy atom. The van der Waals surface area contributed by atoms with Crippen molar-refractivity contribution in [3.63, 3.8) is 0 Å². The van der Waals surface area contributed by atoms with E-state index in [4.69, 9.17) is 0 Å². The Labute approximate surface area is 392 Å². The van der Waals surface area contributed by atoms with Crippen LogP contribution < -0.4 is 9.80 Å². The van der Waals surface area contributed by atoms with E-state index in [0.717, 1.165) is 70.0 Å². The summed E-state index contributed by atoms with van der Waals surface area (Å²) in [5.41, 5.74) is 6.93. The summed E-state index contributed by atoms with van der Waals surface area (Å²) in [6, 6.07) is 35.6. The SMILES string of the molecule is CCCCCCCCN(CCCCCCCC)c1ccc(C#Cc2c3ccccc3c(C#Cc3ccc(N(CCCCCCCC)CCCCCCCC)cc3)c3ccccc23)cc1. The first-order valence-electron chi connectivity index (χ1n) is 26.3. The van der Waals surface area contributed by atoms with Crippen LogP contribution in [0, 0.1) is 23.7 Å². The number of nitrogens with zero attached hydrogens (tertiary/aromatic N) is 2. The second-order valence-corrected chi connectivity index (χ2v) is 18.5. The van der Waals surface area contributed by atoms with Crippen LogP contribution in [0.15, 0.2) is 97.1 Å². The summed E-state index contributed by atoms with van der Waals surface area (Å²) in [5, 5.41) is 4.64. The van der Waals surface area contributed by atoms with E-state index in [9.17, 15) is 0 Å². The van der Waals surface area contributed by atoms with Gasteiger partial charge in [-0.25, -0.2) is 0 Å². The van der Waals surface area contributed by atoms with Gasteiger partial charge in [-0.1, -0.05) is 228 Å².